The largest absolute Gasteiger partial charge is 0.465 e. The molecule has 29 heavy (non-hydrogen) atoms. The molecular formula is C19H18N6O4. The van der Waals surface area contributed by atoms with Crippen LogP contribution in [0.25, 0.3) is 0 Å². The summed E-state index contributed by atoms with van der Waals surface area (Å²) in [7, 11) is 2.84. The predicted molar refractivity (Wildman–Crippen MR) is 108 cm³/mol. The van der Waals surface area contributed by atoms with Crippen molar-refractivity contribution in [2.45, 2.75) is 0 Å². The Kier molecular flexibility index (Phi) is 5.83. The first-order chi connectivity index (χ1) is 14.0. The first kappa shape index (κ1) is 19.5. The minimum Gasteiger partial charge on any atom is -0.465 e. The number of carbonyl (C=O) groups excluding carboxylic acids is 1. The second kappa shape index (κ2) is 8.65. The fourth-order valence-electron chi connectivity index (χ4n) is 2.69. The number of hydrogen-bond donors (Lipinski definition) is 2. The third-order valence-electron chi connectivity index (χ3n) is 4.07. The molecule has 148 valence electrons. The number of rotatable bonds is 7. The second-order valence-corrected chi connectivity index (χ2v) is 5.84. The average molecular weight is 394 g/mol. The van der Waals surface area contributed by atoms with Crippen LogP contribution in [0, 0.1) is 10.1 Å². The van der Waals surface area contributed by atoms with Gasteiger partial charge in [-0.05, 0) is 24.3 Å². The first-order valence-electron chi connectivity index (χ1n) is 8.50. The lowest BCUT2D eigenvalue weighted by Gasteiger charge is -2.21. The van der Waals surface area contributed by atoms with Gasteiger partial charge in [-0.2, -0.15) is 0 Å². The number of benzene rings is 2. The topological polar surface area (TPSA) is 123 Å². The van der Waals surface area contributed by atoms with E-state index in [0.29, 0.717) is 11.4 Å². The number of hydrazine groups is 1. The molecular weight excluding hydrogens is 376 g/mol. The quantitative estimate of drug-likeness (QED) is 0.353. The van der Waals surface area contributed by atoms with Crippen molar-refractivity contribution in [2.75, 3.05) is 29.9 Å². The minimum atomic E-state index is -0.582. The van der Waals surface area contributed by atoms with Gasteiger partial charge < -0.3 is 9.64 Å². The molecule has 0 fully saturated rings. The lowest BCUT2D eigenvalue weighted by molar-refractivity contribution is -0.383. The fourth-order valence-corrected chi connectivity index (χ4v) is 2.69. The van der Waals surface area contributed by atoms with Gasteiger partial charge in [0.15, 0.2) is 0 Å². The fraction of sp³-hybridized carbons (Fsp3) is 0.105. The molecule has 0 aliphatic rings. The molecule has 0 aliphatic heterocycles. The molecule has 2 aromatic carbocycles. The van der Waals surface area contributed by atoms with Gasteiger partial charge in [0, 0.05) is 7.05 Å². The maximum atomic E-state index is 12.1. The van der Waals surface area contributed by atoms with E-state index in [9.17, 15) is 14.9 Å². The van der Waals surface area contributed by atoms with Gasteiger partial charge in [0.05, 0.1) is 29.0 Å². The Labute approximate surface area is 166 Å². The Morgan fingerprint density at radius 3 is 2.45 bits per heavy atom. The van der Waals surface area contributed by atoms with E-state index in [1.165, 1.54) is 18.3 Å². The predicted octanol–water partition coefficient (Wildman–Crippen LogP) is 3.38. The summed E-state index contributed by atoms with van der Waals surface area (Å²) in [5.41, 5.74) is 6.62. The van der Waals surface area contributed by atoms with Crippen LogP contribution in [0.2, 0.25) is 0 Å². The Morgan fingerprint density at radius 2 is 1.76 bits per heavy atom. The number of anilines is 4. The molecule has 0 radical (unpaired) electrons. The highest BCUT2D eigenvalue weighted by Crippen LogP contribution is 2.36. The van der Waals surface area contributed by atoms with E-state index in [0.717, 1.165) is 0 Å². The van der Waals surface area contributed by atoms with Crippen LogP contribution in [-0.4, -0.2) is 35.0 Å². The minimum absolute atomic E-state index is 0.0127. The van der Waals surface area contributed by atoms with E-state index in [1.54, 1.807) is 43.4 Å². The summed E-state index contributed by atoms with van der Waals surface area (Å²) >= 11 is 0. The molecule has 0 atom stereocenters. The van der Waals surface area contributed by atoms with Crippen LogP contribution in [0.15, 0.2) is 60.9 Å². The Bertz CT molecular complexity index is 1030. The van der Waals surface area contributed by atoms with E-state index in [-0.39, 0.29) is 22.9 Å². The third-order valence-corrected chi connectivity index (χ3v) is 4.07. The zero-order valence-corrected chi connectivity index (χ0v) is 15.7. The Hall–Kier alpha value is -4.21. The van der Waals surface area contributed by atoms with Crippen molar-refractivity contribution in [1.82, 2.24) is 9.97 Å². The van der Waals surface area contributed by atoms with Gasteiger partial charge in [0.1, 0.15) is 6.33 Å². The number of esters is 1. The number of nitrogens with zero attached hydrogens (tertiary/aromatic N) is 4. The summed E-state index contributed by atoms with van der Waals surface area (Å²) in [6, 6.07) is 15.7. The summed E-state index contributed by atoms with van der Waals surface area (Å²) < 4.78 is 4.80. The summed E-state index contributed by atoms with van der Waals surface area (Å²) in [4.78, 5) is 32.8. The van der Waals surface area contributed by atoms with Gasteiger partial charge in [-0.1, -0.05) is 30.3 Å². The highest BCUT2D eigenvalue weighted by Gasteiger charge is 2.28. The standard InChI is InChI=1S/C19H18N6O4/c1-24(15-11-7-6-10-14(15)19(26)29-2)18-16(25(27)28)17(20-12-21-18)23-22-13-8-4-3-5-9-13/h3-12,22H,1-2H3,(H,20,21,23). The molecule has 0 amide bonds. The molecule has 1 aromatic heterocycles. The number of aromatic nitrogens is 2. The maximum Gasteiger partial charge on any atom is 0.355 e. The molecule has 0 saturated heterocycles. The highest BCUT2D eigenvalue weighted by molar-refractivity contribution is 5.97. The van der Waals surface area contributed by atoms with Crippen molar-refractivity contribution in [1.29, 1.82) is 0 Å². The van der Waals surface area contributed by atoms with E-state index in [1.807, 2.05) is 18.2 Å². The maximum absolute atomic E-state index is 12.1. The van der Waals surface area contributed by atoms with E-state index >= 15 is 0 Å². The van der Waals surface area contributed by atoms with Gasteiger partial charge in [-0.25, -0.2) is 14.8 Å². The molecule has 0 unspecified atom stereocenters. The van der Waals surface area contributed by atoms with Crippen molar-refractivity contribution < 1.29 is 14.5 Å². The van der Waals surface area contributed by atoms with Crippen molar-refractivity contribution in [3.63, 3.8) is 0 Å². The molecule has 1 heterocycles. The molecule has 0 aliphatic carbocycles. The van der Waals surface area contributed by atoms with Crippen LogP contribution in [0.5, 0.6) is 0 Å². The van der Waals surface area contributed by atoms with Crippen LogP contribution in [0.3, 0.4) is 0 Å². The molecule has 2 N–H and O–H groups in total. The second-order valence-electron chi connectivity index (χ2n) is 5.84. The first-order valence-corrected chi connectivity index (χ1v) is 8.50. The molecule has 0 saturated carbocycles. The van der Waals surface area contributed by atoms with Gasteiger partial charge in [-0.15, -0.1) is 0 Å². The average Bonchev–Trinajstić information content (AvgIpc) is 2.76. The zero-order chi connectivity index (χ0) is 20.8. The van der Waals surface area contributed by atoms with E-state index < -0.39 is 10.9 Å². The third kappa shape index (κ3) is 4.21. The highest BCUT2D eigenvalue weighted by atomic mass is 16.6. The van der Waals surface area contributed by atoms with Crippen molar-refractivity contribution in [3.8, 4) is 0 Å². The van der Waals surface area contributed by atoms with E-state index in [4.69, 9.17) is 4.74 Å². The van der Waals surface area contributed by atoms with E-state index in [2.05, 4.69) is 20.8 Å². The number of nitrogens with one attached hydrogen (secondary N) is 2. The molecule has 3 rings (SSSR count). The normalized spacial score (nSPS) is 10.1. The van der Waals surface area contributed by atoms with Gasteiger partial charge in [0.2, 0.25) is 11.6 Å². The van der Waals surface area contributed by atoms with Gasteiger partial charge >= 0.3 is 11.7 Å². The zero-order valence-electron chi connectivity index (χ0n) is 15.7. The number of nitro groups is 1. The number of para-hydroxylation sites is 2. The van der Waals surface area contributed by atoms with Gasteiger partial charge in [0.25, 0.3) is 0 Å². The van der Waals surface area contributed by atoms with Crippen LogP contribution in [0.4, 0.5) is 28.7 Å². The van der Waals surface area contributed by atoms with Crippen LogP contribution < -0.4 is 15.8 Å². The Morgan fingerprint density at radius 1 is 1.07 bits per heavy atom. The summed E-state index contributed by atoms with van der Waals surface area (Å²) in [6.07, 6.45) is 1.20. The SMILES string of the molecule is COC(=O)c1ccccc1N(C)c1ncnc(NNc2ccccc2)c1[N+](=O)[O-]. The van der Waals surface area contributed by atoms with Gasteiger partial charge in [-0.3, -0.25) is 21.0 Å². The summed E-state index contributed by atoms with van der Waals surface area (Å²) in [5.74, 6) is -0.571. The van der Waals surface area contributed by atoms with Crippen LogP contribution in [0.1, 0.15) is 10.4 Å². The molecule has 0 spiro atoms. The number of methoxy groups -OCH3 is 1. The summed E-state index contributed by atoms with van der Waals surface area (Å²) in [6.45, 7) is 0. The van der Waals surface area contributed by atoms with Crippen molar-refractivity contribution in [2.24, 2.45) is 0 Å². The van der Waals surface area contributed by atoms with Crippen molar-refractivity contribution >= 4 is 34.7 Å². The van der Waals surface area contributed by atoms with Crippen LogP contribution >= 0.6 is 0 Å². The summed E-state index contributed by atoms with van der Waals surface area (Å²) in [5, 5.41) is 11.8. The lowest BCUT2D eigenvalue weighted by atomic mass is 10.1. The molecule has 10 heteroatoms. The monoisotopic (exact) mass is 394 g/mol. The van der Waals surface area contributed by atoms with Crippen LogP contribution in [-0.2, 0) is 4.74 Å². The Balaban J connectivity index is 2.00. The number of carbonyl (C=O) groups is 1. The molecule has 10 nitrogen and oxygen atoms in total. The molecule has 3 aromatic rings. The molecule has 0 bridgehead atoms. The lowest BCUT2D eigenvalue weighted by Crippen LogP contribution is -2.19. The van der Waals surface area contributed by atoms with Crippen molar-refractivity contribution in [3.05, 3.63) is 76.6 Å². The number of ether oxygens (including phenoxy) is 1. The number of hydrogen-bond acceptors (Lipinski definition) is 9. The smallest absolute Gasteiger partial charge is 0.355 e.